The monoisotopic (exact) mass is 272 g/mol. The first-order chi connectivity index (χ1) is 9.72. The second-order valence-electron chi connectivity index (χ2n) is 6.37. The zero-order valence-corrected chi connectivity index (χ0v) is 12.4. The number of carbonyl (C=O) groups is 1. The quantitative estimate of drug-likeness (QED) is 0.791. The van der Waals surface area contributed by atoms with E-state index < -0.39 is 0 Å². The molecular formula is C17H24N2O. The molecular weight excluding hydrogens is 248 g/mol. The number of aromatic nitrogens is 1. The van der Waals surface area contributed by atoms with Crippen LogP contribution in [0.15, 0.2) is 18.5 Å². The molecule has 0 N–H and O–H groups in total. The number of aryl methyl sites for hydroxylation is 1. The lowest BCUT2D eigenvalue weighted by molar-refractivity contribution is 0.0477. The molecule has 0 aromatic carbocycles. The molecule has 0 amide bonds. The van der Waals surface area contributed by atoms with Gasteiger partial charge in [-0.25, -0.2) is 0 Å². The van der Waals surface area contributed by atoms with Gasteiger partial charge in [0.25, 0.3) is 0 Å². The second-order valence-corrected chi connectivity index (χ2v) is 6.37. The molecule has 1 saturated heterocycles. The molecule has 1 aromatic rings. The molecule has 1 aliphatic heterocycles. The Morgan fingerprint density at radius 3 is 2.45 bits per heavy atom. The van der Waals surface area contributed by atoms with E-state index in [1.165, 1.54) is 32.1 Å². The van der Waals surface area contributed by atoms with Crippen molar-refractivity contribution in [2.45, 2.75) is 57.4 Å². The molecule has 0 atom stereocenters. The van der Waals surface area contributed by atoms with E-state index in [1.807, 2.05) is 19.2 Å². The first-order valence-corrected chi connectivity index (χ1v) is 7.94. The highest BCUT2D eigenvalue weighted by atomic mass is 16.1. The average Bonchev–Trinajstić information content (AvgIpc) is 2.98. The van der Waals surface area contributed by atoms with Gasteiger partial charge in [-0.3, -0.25) is 14.7 Å². The van der Waals surface area contributed by atoms with E-state index in [0.717, 1.165) is 37.1 Å². The zero-order valence-electron chi connectivity index (χ0n) is 12.4. The molecule has 2 aliphatic rings. The van der Waals surface area contributed by atoms with Crippen LogP contribution in [0.5, 0.6) is 0 Å². The van der Waals surface area contributed by atoms with Gasteiger partial charge in [-0.15, -0.1) is 0 Å². The minimum Gasteiger partial charge on any atom is -0.292 e. The summed E-state index contributed by atoms with van der Waals surface area (Å²) >= 11 is 0. The third-order valence-electron chi connectivity index (χ3n) is 4.95. The Hall–Kier alpha value is -1.22. The maximum Gasteiger partial charge on any atom is 0.184 e. The number of likely N-dealkylation sites (tertiary alicyclic amines) is 1. The number of hydrogen-bond acceptors (Lipinski definition) is 3. The molecule has 0 bridgehead atoms. The van der Waals surface area contributed by atoms with Crippen LogP contribution in [0.3, 0.4) is 0 Å². The predicted molar refractivity (Wildman–Crippen MR) is 79.9 cm³/mol. The van der Waals surface area contributed by atoms with Gasteiger partial charge >= 0.3 is 0 Å². The average molecular weight is 272 g/mol. The molecule has 3 heteroatoms. The molecule has 3 rings (SSSR count). The van der Waals surface area contributed by atoms with E-state index in [-0.39, 0.29) is 5.54 Å². The largest absolute Gasteiger partial charge is 0.292 e. The number of pyridine rings is 1. The lowest BCUT2D eigenvalue weighted by atomic mass is 9.84. The van der Waals surface area contributed by atoms with Crippen molar-refractivity contribution in [1.29, 1.82) is 0 Å². The standard InChI is InChI=1S/C17H24N2O/c1-14-11-15(13-18-12-14)16(20)17(7-3-4-8-17)19-9-5-2-6-10-19/h11-13H,2-10H2,1H3. The van der Waals surface area contributed by atoms with Crippen molar-refractivity contribution in [3.8, 4) is 0 Å². The van der Waals surface area contributed by atoms with Crippen molar-refractivity contribution in [2.75, 3.05) is 13.1 Å². The maximum absolute atomic E-state index is 13.1. The summed E-state index contributed by atoms with van der Waals surface area (Å²) in [5, 5.41) is 0. The van der Waals surface area contributed by atoms with Crippen LogP contribution in [0.2, 0.25) is 0 Å². The van der Waals surface area contributed by atoms with Gasteiger partial charge in [-0.1, -0.05) is 19.3 Å². The van der Waals surface area contributed by atoms with Crippen molar-refractivity contribution >= 4 is 5.78 Å². The zero-order chi connectivity index (χ0) is 14.0. The van der Waals surface area contributed by atoms with Crippen LogP contribution in [0, 0.1) is 6.92 Å². The molecule has 2 heterocycles. The first-order valence-electron chi connectivity index (χ1n) is 7.94. The third-order valence-corrected chi connectivity index (χ3v) is 4.95. The molecule has 1 aliphatic carbocycles. The Bertz CT molecular complexity index is 486. The van der Waals surface area contributed by atoms with E-state index in [1.54, 1.807) is 6.20 Å². The fourth-order valence-corrected chi connectivity index (χ4v) is 3.92. The highest BCUT2D eigenvalue weighted by molar-refractivity contribution is 6.03. The topological polar surface area (TPSA) is 33.2 Å². The van der Waals surface area contributed by atoms with E-state index >= 15 is 0 Å². The summed E-state index contributed by atoms with van der Waals surface area (Å²) in [7, 11) is 0. The van der Waals surface area contributed by atoms with Gasteiger partial charge in [-0.2, -0.15) is 0 Å². The Morgan fingerprint density at radius 2 is 1.80 bits per heavy atom. The number of carbonyl (C=O) groups excluding carboxylic acids is 1. The minimum absolute atomic E-state index is 0.226. The van der Waals surface area contributed by atoms with E-state index in [0.29, 0.717) is 5.78 Å². The van der Waals surface area contributed by atoms with Gasteiger partial charge in [0.2, 0.25) is 0 Å². The van der Waals surface area contributed by atoms with Crippen LogP contribution in [0.25, 0.3) is 0 Å². The summed E-state index contributed by atoms with van der Waals surface area (Å²) in [5.41, 5.74) is 1.65. The molecule has 1 aromatic heterocycles. The second kappa shape index (κ2) is 5.65. The van der Waals surface area contributed by atoms with Gasteiger partial charge in [0, 0.05) is 18.0 Å². The molecule has 20 heavy (non-hydrogen) atoms. The normalized spacial score (nSPS) is 22.9. The van der Waals surface area contributed by atoms with E-state index in [4.69, 9.17) is 0 Å². The molecule has 108 valence electrons. The van der Waals surface area contributed by atoms with Crippen molar-refractivity contribution in [3.63, 3.8) is 0 Å². The van der Waals surface area contributed by atoms with Gasteiger partial charge < -0.3 is 0 Å². The van der Waals surface area contributed by atoms with E-state index in [2.05, 4.69) is 9.88 Å². The molecule has 3 nitrogen and oxygen atoms in total. The Labute approximate surface area is 121 Å². The van der Waals surface area contributed by atoms with Crippen LogP contribution in [-0.4, -0.2) is 34.3 Å². The molecule has 0 radical (unpaired) electrons. The van der Waals surface area contributed by atoms with E-state index in [9.17, 15) is 4.79 Å². The number of nitrogens with zero attached hydrogens (tertiary/aromatic N) is 2. The fourth-order valence-electron chi connectivity index (χ4n) is 3.92. The number of hydrogen-bond donors (Lipinski definition) is 0. The summed E-state index contributed by atoms with van der Waals surface area (Å²) in [6.45, 7) is 4.18. The summed E-state index contributed by atoms with van der Waals surface area (Å²) in [6, 6.07) is 2.00. The highest BCUT2D eigenvalue weighted by Gasteiger charge is 2.46. The Kier molecular flexibility index (Phi) is 3.88. The number of piperidine rings is 1. The van der Waals surface area contributed by atoms with Gasteiger partial charge in [0.15, 0.2) is 5.78 Å². The predicted octanol–water partition coefficient (Wildman–Crippen LogP) is 3.37. The van der Waals surface area contributed by atoms with Gasteiger partial charge in [0.05, 0.1) is 5.54 Å². The fraction of sp³-hybridized carbons (Fsp3) is 0.647. The molecule has 1 saturated carbocycles. The highest BCUT2D eigenvalue weighted by Crippen LogP contribution is 2.39. The van der Waals surface area contributed by atoms with Crippen LogP contribution in [0.4, 0.5) is 0 Å². The van der Waals surface area contributed by atoms with Gasteiger partial charge in [-0.05, 0) is 57.3 Å². The molecule has 2 fully saturated rings. The number of rotatable bonds is 3. The van der Waals surface area contributed by atoms with Gasteiger partial charge in [0.1, 0.15) is 0 Å². The SMILES string of the molecule is Cc1cncc(C(=O)C2(N3CCCCC3)CCCC2)c1. The number of ketones is 1. The van der Waals surface area contributed by atoms with Crippen molar-refractivity contribution in [2.24, 2.45) is 0 Å². The van der Waals surface area contributed by atoms with Crippen LogP contribution < -0.4 is 0 Å². The Morgan fingerprint density at radius 1 is 1.10 bits per heavy atom. The van der Waals surface area contributed by atoms with Crippen molar-refractivity contribution in [3.05, 3.63) is 29.6 Å². The molecule has 0 spiro atoms. The first kappa shape index (κ1) is 13.7. The van der Waals surface area contributed by atoms with Crippen LogP contribution >= 0.6 is 0 Å². The summed E-state index contributed by atoms with van der Waals surface area (Å²) < 4.78 is 0. The summed E-state index contributed by atoms with van der Waals surface area (Å²) in [6.07, 6.45) is 11.8. The van der Waals surface area contributed by atoms with Crippen LogP contribution in [0.1, 0.15) is 60.9 Å². The lowest BCUT2D eigenvalue weighted by Crippen LogP contribution is -2.54. The lowest BCUT2D eigenvalue weighted by Gasteiger charge is -2.42. The molecule has 0 unspecified atom stereocenters. The number of Topliss-reactive ketones (excluding diaryl/α,β-unsaturated/α-hetero) is 1. The third kappa shape index (κ3) is 2.39. The maximum atomic E-state index is 13.1. The van der Waals surface area contributed by atoms with Crippen molar-refractivity contribution in [1.82, 2.24) is 9.88 Å². The Balaban J connectivity index is 1.91. The summed E-state index contributed by atoms with van der Waals surface area (Å²) in [4.78, 5) is 19.8. The van der Waals surface area contributed by atoms with Crippen LogP contribution in [-0.2, 0) is 0 Å². The minimum atomic E-state index is -0.226. The smallest absolute Gasteiger partial charge is 0.184 e. The summed E-state index contributed by atoms with van der Waals surface area (Å²) in [5.74, 6) is 0.313. The van der Waals surface area contributed by atoms with Crippen molar-refractivity contribution < 1.29 is 4.79 Å².